The summed E-state index contributed by atoms with van der Waals surface area (Å²) in [6, 6.07) is 4.11. The fourth-order valence-electron chi connectivity index (χ4n) is 1.55. The van der Waals surface area contributed by atoms with Gasteiger partial charge in [0.2, 0.25) is 0 Å². The van der Waals surface area contributed by atoms with Crippen LogP contribution in [0, 0.1) is 0 Å². The average Bonchev–Trinajstić information content (AvgIpc) is 2.54. The molecular weight excluding hydrogens is 188 g/mol. The summed E-state index contributed by atoms with van der Waals surface area (Å²) in [4.78, 5) is 1.36. The number of rotatable bonds is 1. The zero-order chi connectivity index (χ0) is 8.39. The van der Waals surface area contributed by atoms with Crippen LogP contribution in [0.15, 0.2) is 18.2 Å². The molecule has 2 heteroatoms. The summed E-state index contributed by atoms with van der Waals surface area (Å²) in [5, 5.41) is 0. The smallest absolute Gasteiger partial charge is 0.0934 e. The Morgan fingerprint density at radius 3 is 2.75 bits per heavy atom. The third-order valence-electron chi connectivity index (χ3n) is 2.18. The minimum absolute atomic E-state index is 0.900. The first-order valence-corrected chi connectivity index (χ1v) is 5.50. The molecule has 0 spiro atoms. The lowest BCUT2D eigenvalue weighted by atomic mass is 9.99. The highest BCUT2D eigenvalue weighted by Gasteiger charge is 2.07. The molecule has 64 valence electrons. The van der Waals surface area contributed by atoms with E-state index in [4.69, 9.17) is 11.6 Å². The van der Waals surface area contributed by atoms with Crippen LogP contribution < -0.4 is 0 Å². The largest absolute Gasteiger partial charge is 0.124 e. The van der Waals surface area contributed by atoms with Crippen LogP contribution >= 0.6 is 22.9 Å². The van der Waals surface area contributed by atoms with Crippen LogP contribution in [0.2, 0.25) is 4.34 Å². The number of halogens is 1. The van der Waals surface area contributed by atoms with Crippen molar-refractivity contribution in [3.8, 4) is 0 Å². The lowest BCUT2D eigenvalue weighted by molar-refractivity contribution is 0.743. The molecule has 0 nitrogen and oxygen atoms in total. The summed E-state index contributed by atoms with van der Waals surface area (Å²) < 4.78 is 0.900. The van der Waals surface area contributed by atoms with Gasteiger partial charge in [0, 0.05) is 4.88 Å². The fraction of sp³-hybridized carbons (Fsp3) is 0.400. The van der Waals surface area contributed by atoms with Gasteiger partial charge in [-0.15, -0.1) is 11.3 Å². The minimum Gasteiger partial charge on any atom is -0.124 e. The molecule has 0 aliphatic heterocycles. The van der Waals surface area contributed by atoms with Gasteiger partial charge in [-0.25, -0.2) is 0 Å². The van der Waals surface area contributed by atoms with Crippen molar-refractivity contribution >= 4 is 28.5 Å². The van der Waals surface area contributed by atoms with Crippen molar-refractivity contribution in [2.75, 3.05) is 0 Å². The van der Waals surface area contributed by atoms with Crippen molar-refractivity contribution < 1.29 is 0 Å². The van der Waals surface area contributed by atoms with Gasteiger partial charge in [-0.05, 0) is 43.4 Å². The van der Waals surface area contributed by atoms with Gasteiger partial charge in [0.25, 0.3) is 0 Å². The Balaban J connectivity index is 2.23. The molecule has 0 N–H and O–H groups in total. The van der Waals surface area contributed by atoms with E-state index >= 15 is 0 Å². The van der Waals surface area contributed by atoms with E-state index in [0.717, 1.165) is 4.34 Å². The fourth-order valence-corrected chi connectivity index (χ4v) is 2.66. The van der Waals surface area contributed by atoms with Gasteiger partial charge < -0.3 is 0 Å². The molecule has 12 heavy (non-hydrogen) atoms. The van der Waals surface area contributed by atoms with E-state index in [-0.39, 0.29) is 0 Å². The Morgan fingerprint density at radius 2 is 2.17 bits per heavy atom. The third kappa shape index (κ3) is 1.73. The number of allylic oxidation sites excluding steroid dienone is 2. The normalized spacial score (nSPS) is 17.6. The summed E-state index contributed by atoms with van der Waals surface area (Å²) in [7, 11) is 0. The van der Waals surface area contributed by atoms with E-state index in [1.54, 1.807) is 11.3 Å². The highest BCUT2D eigenvalue weighted by molar-refractivity contribution is 7.17. The molecule has 1 aromatic rings. The highest BCUT2D eigenvalue weighted by atomic mass is 35.5. The predicted octanol–water partition coefficient (Wildman–Crippen LogP) is 4.36. The molecule has 0 aromatic carbocycles. The summed E-state index contributed by atoms with van der Waals surface area (Å²) in [5.41, 5.74) is 1.50. The summed E-state index contributed by atoms with van der Waals surface area (Å²) in [6.45, 7) is 0. The molecule has 0 saturated carbocycles. The van der Waals surface area contributed by atoms with E-state index in [2.05, 4.69) is 12.1 Å². The standard InChI is InChI=1S/C10H11ClS/c11-10-7-6-9(12-10)8-4-2-1-3-5-8/h4,6-7H,1-3,5H2. The summed E-state index contributed by atoms with van der Waals surface area (Å²) in [6.07, 6.45) is 7.51. The van der Waals surface area contributed by atoms with E-state index in [0.29, 0.717) is 0 Å². The van der Waals surface area contributed by atoms with Crippen molar-refractivity contribution in [3.63, 3.8) is 0 Å². The minimum atomic E-state index is 0.900. The molecular formula is C10H11ClS. The van der Waals surface area contributed by atoms with Crippen molar-refractivity contribution in [3.05, 3.63) is 27.4 Å². The Hall–Kier alpha value is -0.270. The molecule has 1 aliphatic rings. The molecule has 0 bridgehead atoms. The lowest BCUT2D eigenvalue weighted by Crippen LogP contribution is -1.88. The summed E-state index contributed by atoms with van der Waals surface area (Å²) in [5.74, 6) is 0. The number of hydrogen-bond donors (Lipinski definition) is 0. The zero-order valence-electron chi connectivity index (χ0n) is 6.85. The van der Waals surface area contributed by atoms with Gasteiger partial charge in [0.05, 0.1) is 4.34 Å². The molecule has 0 fully saturated rings. The van der Waals surface area contributed by atoms with E-state index in [1.165, 1.54) is 36.1 Å². The van der Waals surface area contributed by atoms with Crippen LogP contribution in [0.4, 0.5) is 0 Å². The van der Waals surface area contributed by atoms with Crippen molar-refractivity contribution in [1.29, 1.82) is 0 Å². The molecule has 0 unspecified atom stereocenters. The molecule has 2 rings (SSSR count). The first-order valence-electron chi connectivity index (χ1n) is 4.31. The second kappa shape index (κ2) is 3.63. The van der Waals surface area contributed by atoms with Crippen LogP contribution in [-0.2, 0) is 0 Å². The van der Waals surface area contributed by atoms with Crippen molar-refractivity contribution in [2.45, 2.75) is 25.7 Å². The van der Waals surface area contributed by atoms with Crippen LogP contribution in [0.3, 0.4) is 0 Å². The average molecular weight is 199 g/mol. The highest BCUT2D eigenvalue weighted by Crippen LogP contribution is 2.33. The summed E-state index contributed by atoms with van der Waals surface area (Å²) >= 11 is 7.56. The Kier molecular flexibility index (Phi) is 2.52. The third-order valence-corrected chi connectivity index (χ3v) is 3.49. The topological polar surface area (TPSA) is 0 Å². The Morgan fingerprint density at radius 1 is 1.25 bits per heavy atom. The predicted molar refractivity (Wildman–Crippen MR) is 55.8 cm³/mol. The molecule has 1 aliphatic carbocycles. The SMILES string of the molecule is Clc1ccc(C2=CCCCC2)s1. The lowest BCUT2D eigenvalue weighted by Gasteiger charge is -2.09. The quantitative estimate of drug-likeness (QED) is 0.629. The van der Waals surface area contributed by atoms with Crippen LogP contribution in [0.5, 0.6) is 0 Å². The van der Waals surface area contributed by atoms with Gasteiger partial charge in [-0.2, -0.15) is 0 Å². The van der Waals surface area contributed by atoms with E-state index in [1.807, 2.05) is 6.07 Å². The molecule has 0 amide bonds. The van der Waals surface area contributed by atoms with Gasteiger partial charge in [0.15, 0.2) is 0 Å². The van der Waals surface area contributed by atoms with Crippen molar-refractivity contribution in [1.82, 2.24) is 0 Å². The number of hydrogen-bond acceptors (Lipinski definition) is 1. The van der Waals surface area contributed by atoms with Crippen LogP contribution in [0.25, 0.3) is 5.57 Å². The Bertz CT molecular complexity index is 299. The number of thiophene rings is 1. The van der Waals surface area contributed by atoms with E-state index < -0.39 is 0 Å². The maximum atomic E-state index is 5.87. The molecule has 0 atom stereocenters. The van der Waals surface area contributed by atoms with E-state index in [9.17, 15) is 0 Å². The zero-order valence-corrected chi connectivity index (χ0v) is 8.42. The molecule has 0 radical (unpaired) electrons. The van der Waals surface area contributed by atoms with Gasteiger partial charge >= 0.3 is 0 Å². The second-order valence-corrected chi connectivity index (χ2v) is 4.79. The first-order chi connectivity index (χ1) is 5.86. The molecule has 1 aromatic heterocycles. The van der Waals surface area contributed by atoms with Gasteiger partial charge in [-0.1, -0.05) is 17.7 Å². The maximum Gasteiger partial charge on any atom is 0.0934 e. The van der Waals surface area contributed by atoms with Gasteiger partial charge in [-0.3, -0.25) is 0 Å². The van der Waals surface area contributed by atoms with Gasteiger partial charge in [0.1, 0.15) is 0 Å². The Labute approximate surface area is 81.9 Å². The first kappa shape index (κ1) is 8.33. The maximum absolute atomic E-state index is 5.87. The monoisotopic (exact) mass is 198 g/mol. The van der Waals surface area contributed by atoms with Crippen LogP contribution in [0.1, 0.15) is 30.6 Å². The van der Waals surface area contributed by atoms with Crippen LogP contribution in [-0.4, -0.2) is 0 Å². The molecule has 0 saturated heterocycles. The van der Waals surface area contributed by atoms with Crippen molar-refractivity contribution in [2.24, 2.45) is 0 Å². The second-order valence-electron chi connectivity index (χ2n) is 3.08. The molecule has 1 heterocycles.